The van der Waals surface area contributed by atoms with E-state index in [0.29, 0.717) is 5.92 Å². The zero-order valence-electron chi connectivity index (χ0n) is 13.7. The van der Waals surface area contributed by atoms with Crippen molar-refractivity contribution in [3.63, 3.8) is 0 Å². The van der Waals surface area contributed by atoms with Crippen LogP contribution in [-0.2, 0) is 4.79 Å². The van der Waals surface area contributed by atoms with Crippen molar-refractivity contribution in [2.45, 2.75) is 0 Å². The molecule has 2 aliphatic heterocycles. The van der Waals surface area contributed by atoms with E-state index >= 15 is 0 Å². The third kappa shape index (κ3) is 2.35. The van der Waals surface area contributed by atoms with Crippen LogP contribution in [0.5, 0.6) is 0 Å². The molecule has 124 valence electrons. The lowest BCUT2D eigenvalue weighted by Gasteiger charge is -2.21. The molecule has 3 aromatic rings. The summed E-state index contributed by atoms with van der Waals surface area (Å²) in [6.07, 6.45) is 0. The summed E-state index contributed by atoms with van der Waals surface area (Å²) in [6.45, 7) is 2.36. The normalized spacial score (nSPS) is 22.2. The molecule has 2 atom stereocenters. The minimum Gasteiger partial charge on any atom is -0.355 e. The van der Waals surface area contributed by atoms with Crippen LogP contribution in [0.25, 0.3) is 22.3 Å². The van der Waals surface area contributed by atoms with E-state index in [1.54, 1.807) is 0 Å². The van der Waals surface area contributed by atoms with E-state index < -0.39 is 0 Å². The van der Waals surface area contributed by atoms with Gasteiger partial charge in [-0.1, -0.05) is 42.5 Å². The van der Waals surface area contributed by atoms with Gasteiger partial charge in [-0.05, 0) is 12.1 Å². The Morgan fingerprint density at radius 1 is 0.960 bits per heavy atom. The van der Waals surface area contributed by atoms with Gasteiger partial charge in [0.15, 0.2) is 5.82 Å². The van der Waals surface area contributed by atoms with Gasteiger partial charge in [0.2, 0.25) is 5.91 Å². The maximum Gasteiger partial charge on any atom is 0.225 e. The number of para-hydroxylation sites is 1. The molecule has 2 aliphatic rings. The molecule has 0 spiro atoms. The lowest BCUT2D eigenvalue weighted by atomic mass is 10.0. The Morgan fingerprint density at radius 2 is 1.76 bits per heavy atom. The minimum atomic E-state index is 0.0777. The van der Waals surface area contributed by atoms with Crippen LogP contribution in [0.15, 0.2) is 54.6 Å². The summed E-state index contributed by atoms with van der Waals surface area (Å²) in [6, 6.07) is 18.1. The second-order valence-electron chi connectivity index (χ2n) is 6.77. The molecule has 1 amide bonds. The maximum atomic E-state index is 12.0. The number of hydrogen-bond acceptors (Lipinski definition) is 4. The number of anilines is 1. The first-order valence-corrected chi connectivity index (χ1v) is 8.64. The van der Waals surface area contributed by atoms with E-state index in [1.807, 2.05) is 48.5 Å². The van der Waals surface area contributed by atoms with E-state index in [-0.39, 0.29) is 11.8 Å². The fourth-order valence-electron chi connectivity index (χ4n) is 3.93. The summed E-state index contributed by atoms with van der Waals surface area (Å²) in [5, 5.41) is 4.01. The third-order valence-corrected chi connectivity index (χ3v) is 5.23. The van der Waals surface area contributed by atoms with E-state index in [0.717, 1.165) is 47.7 Å². The number of aromatic nitrogens is 2. The van der Waals surface area contributed by atoms with Crippen molar-refractivity contribution in [2.24, 2.45) is 11.8 Å². The molecule has 2 aromatic carbocycles. The number of benzene rings is 2. The molecular weight excluding hydrogens is 312 g/mol. The maximum absolute atomic E-state index is 12.0. The summed E-state index contributed by atoms with van der Waals surface area (Å²) < 4.78 is 0. The van der Waals surface area contributed by atoms with Crippen molar-refractivity contribution in [1.82, 2.24) is 15.3 Å². The highest BCUT2D eigenvalue weighted by molar-refractivity contribution is 5.92. The number of carbonyl (C=O) groups excluding carboxylic acids is 1. The zero-order valence-corrected chi connectivity index (χ0v) is 13.7. The Bertz CT molecular complexity index is 956. The van der Waals surface area contributed by atoms with Gasteiger partial charge in [0.25, 0.3) is 0 Å². The molecule has 1 N–H and O–H groups in total. The van der Waals surface area contributed by atoms with Gasteiger partial charge < -0.3 is 10.2 Å². The number of nitrogens with zero attached hydrogens (tertiary/aromatic N) is 3. The Labute approximate surface area is 145 Å². The number of amides is 1. The second kappa shape index (κ2) is 5.55. The molecule has 5 heteroatoms. The lowest BCUT2D eigenvalue weighted by Crippen LogP contribution is -2.29. The number of rotatable bonds is 2. The molecule has 5 nitrogen and oxygen atoms in total. The lowest BCUT2D eigenvalue weighted by molar-refractivity contribution is -0.122. The first-order valence-electron chi connectivity index (χ1n) is 8.64. The van der Waals surface area contributed by atoms with Crippen molar-refractivity contribution in [3.05, 3.63) is 54.6 Å². The van der Waals surface area contributed by atoms with Gasteiger partial charge in [0.1, 0.15) is 5.82 Å². The van der Waals surface area contributed by atoms with Crippen LogP contribution in [0.1, 0.15) is 0 Å². The van der Waals surface area contributed by atoms with Gasteiger partial charge in [-0.3, -0.25) is 4.79 Å². The molecule has 0 saturated carbocycles. The summed E-state index contributed by atoms with van der Waals surface area (Å²) in [5.74, 6) is 2.30. The molecular formula is C20H18N4O. The van der Waals surface area contributed by atoms with Crippen LogP contribution in [0.3, 0.4) is 0 Å². The van der Waals surface area contributed by atoms with Crippen LogP contribution in [0.2, 0.25) is 0 Å². The smallest absolute Gasteiger partial charge is 0.225 e. The quantitative estimate of drug-likeness (QED) is 0.784. The average Bonchev–Trinajstić information content (AvgIpc) is 3.24. The van der Waals surface area contributed by atoms with Gasteiger partial charge in [0.05, 0.1) is 11.4 Å². The highest BCUT2D eigenvalue weighted by Gasteiger charge is 2.42. The number of fused-ring (bicyclic) bond motifs is 2. The molecule has 0 aliphatic carbocycles. The van der Waals surface area contributed by atoms with E-state index in [1.165, 1.54) is 0 Å². The summed E-state index contributed by atoms with van der Waals surface area (Å²) in [5.41, 5.74) is 1.94. The van der Waals surface area contributed by atoms with Gasteiger partial charge in [-0.15, -0.1) is 0 Å². The number of nitrogens with one attached hydrogen (secondary N) is 1. The molecule has 25 heavy (non-hydrogen) atoms. The van der Waals surface area contributed by atoms with Crippen LogP contribution < -0.4 is 10.2 Å². The number of carbonyl (C=O) groups is 1. The zero-order chi connectivity index (χ0) is 16.8. The van der Waals surface area contributed by atoms with Gasteiger partial charge >= 0.3 is 0 Å². The van der Waals surface area contributed by atoms with Gasteiger partial charge in [-0.2, -0.15) is 0 Å². The molecule has 2 saturated heterocycles. The van der Waals surface area contributed by atoms with Crippen LogP contribution >= 0.6 is 0 Å². The molecule has 5 rings (SSSR count). The van der Waals surface area contributed by atoms with Crippen LogP contribution in [0.4, 0.5) is 5.82 Å². The first-order chi connectivity index (χ1) is 12.3. The monoisotopic (exact) mass is 330 g/mol. The van der Waals surface area contributed by atoms with Crippen molar-refractivity contribution >= 4 is 22.6 Å². The summed E-state index contributed by atoms with van der Waals surface area (Å²) in [4.78, 5) is 23.9. The standard InChI is InChI=1S/C20H18N4O/c25-20-16-12-24(11-14(16)10-21-20)19-15-8-4-5-9-17(15)22-18(23-19)13-6-2-1-3-7-13/h1-9,14,16H,10-12H2,(H,21,25)/t14-,16+/m0/s1. The van der Waals surface area contributed by atoms with Crippen LogP contribution in [-0.4, -0.2) is 35.5 Å². The average molecular weight is 330 g/mol. The predicted molar refractivity (Wildman–Crippen MR) is 97.2 cm³/mol. The Kier molecular flexibility index (Phi) is 3.20. The van der Waals surface area contributed by atoms with Crippen molar-refractivity contribution in [3.8, 4) is 11.4 Å². The summed E-state index contributed by atoms with van der Waals surface area (Å²) in [7, 11) is 0. The first kappa shape index (κ1) is 14.4. The highest BCUT2D eigenvalue weighted by atomic mass is 16.2. The summed E-state index contributed by atoms with van der Waals surface area (Å²) >= 11 is 0. The fraction of sp³-hybridized carbons (Fsp3) is 0.250. The Morgan fingerprint density at radius 3 is 2.60 bits per heavy atom. The van der Waals surface area contributed by atoms with E-state index in [4.69, 9.17) is 9.97 Å². The van der Waals surface area contributed by atoms with Crippen molar-refractivity contribution in [1.29, 1.82) is 0 Å². The Balaban J connectivity index is 1.63. The third-order valence-electron chi connectivity index (χ3n) is 5.23. The molecule has 0 radical (unpaired) electrons. The van der Waals surface area contributed by atoms with E-state index in [2.05, 4.69) is 16.3 Å². The number of hydrogen-bond donors (Lipinski definition) is 1. The molecule has 2 fully saturated rings. The van der Waals surface area contributed by atoms with E-state index in [9.17, 15) is 4.79 Å². The molecule has 3 heterocycles. The minimum absolute atomic E-state index is 0.0777. The van der Waals surface area contributed by atoms with Gasteiger partial charge in [0, 0.05) is 36.5 Å². The molecule has 0 bridgehead atoms. The largest absolute Gasteiger partial charge is 0.355 e. The topological polar surface area (TPSA) is 58.1 Å². The van der Waals surface area contributed by atoms with Gasteiger partial charge in [-0.25, -0.2) is 9.97 Å². The van der Waals surface area contributed by atoms with Crippen LogP contribution in [0, 0.1) is 11.8 Å². The fourth-order valence-corrected chi connectivity index (χ4v) is 3.93. The SMILES string of the molecule is O=C1NC[C@H]2CN(c3nc(-c4ccccc4)nc4ccccc34)C[C@@H]12. The Hall–Kier alpha value is -2.95. The molecule has 1 aromatic heterocycles. The molecule has 0 unspecified atom stereocenters. The van der Waals surface area contributed by atoms with Crippen molar-refractivity contribution in [2.75, 3.05) is 24.5 Å². The predicted octanol–water partition coefficient (Wildman–Crippen LogP) is 2.48. The second-order valence-corrected chi connectivity index (χ2v) is 6.77. The van der Waals surface area contributed by atoms with Crippen molar-refractivity contribution < 1.29 is 4.79 Å². The highest BCUT2D eigenvalue weighted by Crippen LogP contribution is 2.34.